The lowest BCUT2D eigenvalue weighted by molar-refractivity contribution is 0.158. The van der Waals surface area contributed by atoms with Crippen LogP contribution in [0.3, 0.4) is 0 Å². The molecule has 1 unspecified atom stereocenters. The molecule has 3 rings (SSSR count). The van der Waals surface area contributed by atoms with Crippen molar-refractivity contribution >= 4 is 0 Å². The normalized spacial score (nSPS) is 37.6. The maximum Gasteiger partial charge on any atom is 0.167 e. The number of rotatable bonds is 2. The molecule has 2 heteroatoms. The molecule has 0 aromatic heterocycles. The topological polar surface area (TPSA) is 15.5 Å². The predicted octanol–water partition coefficient (Wildman–Crippen LogP) is 3.34. The maximum absolute atomic E-state index is 5.89. The molecule has 1 aromatic rings. The highest BCUT2D eigenvalue weighted by Crippen LogP contribution is 2.50. The summed E-state index contributed by atoms with van der Waals surface area (Å²) in [6.07, 6.45) is 5.20. The highest BCUT2D eigenvalue weighted by atomic mass is 16.9. The summed E-state index contributed by atoms with van der Waals surface area (Å²) in [5.41, 5.74) is 1.44. The number of hydrogen-bond donors (Lipinski definition) is 0. The van der Waals surface area contributed by atoms with E-state index in [2.05, 4.69) is 42.3 Å². The zero-order valence-corrected chi connectivity index (χ0v) is 9.86. The third-order valence-electron chi connectivity index (χ3n) is 4.02. The van der Waals surface area contributed by atoms with E-state index in [4.69, 9.17) is 4.84 Å². The fourth-order valence-corrected chi connectivity index (χ4v) is 2.89. The Balaban J connectivity index is 1.67. The quantitative estimate of drug-likeness (QED) is 0.706. The average Bonchev–Trinajstić information content (AvgIpc) is 2.99. The molecule has 16 heavy (non-hydrogen) atoms. The van der Waals surface area contributed by atoms with Gasteiger partial charge in [0.25, 0.3) is 0 Å². The van der Waals surface area contributed by atoms with Gasteiger partial charge < -0.3 is 0 Å². The minimum atomic E-state index is 0.0914. The lowest BCUT2D eigenvalue weighted by Crippen LogP contribution is -2.30. The van der Waals surface area contributed by atoms with Crippen molar-refractivity contribution in [2.24, 2.45) is 5.92 Å². The lowest BCUT2D eigenvalue weighted by Gasteiger charge is -2.25. The van der Waals surface area contributed by atoms with Crippen LogP contribution < -0.4 is 0 Å². The molecule has 1 spiro atoms. The standard InChI is InChI=1S/C14H19NO/c1-12-7-5-6-10-14(12)15(16-14)11-13-8-3-2-4-9-13/h2-4,8-9,12H,5-7,10-11H2,1H3/t12-,14-,15?/m0/s1. The van der Waals surface area contributed by atoms with Gasteiger partial charge in [0.15, 0.2) is 5.72 Å². The van der Waals surface area contributed by atoms with Crippen LogP contribution in [0.4, 0.5) is 0 Å². The second-order valence-electron chi connectivity index (χ2n) is 5.11. The molecule has 86 valence electrons. The van der Waals surface area contributed by atoms with Gasteiger partial charge in [0.05, 0.1) is 6.54 Å². The van der Waals surface area contributed by atoms with Gasteiger partial charge in [-0.25, -0.2) is 0 Å². The lowest BCUT2D eigenvalue weighted by atomic mass is 9.84. The fourth-order valence-electron chi connectivity index (χ4n) is 2.89. The van der Waals surface area contributed by atoms with E-state index in [-0.39, 0.29) is 5.72 Å². The summed E-state index contributed by atoms with van der Waals surface area (Å²) < 4.78 is 0. The molecule has 2 nitrogen and oxygen atoms in total. The summed E-state index contributed by atoms with van der Waals surface area (Å²) in [4.78, 5) is 5.89. The van der Waals surface area contributed by atoms with Crippen molar-refractivity contribution in [1.29, 1.82) is 0 Å². The van der Waals surface area contributed by atoms with Crippen molar-refractivity contribution in [2.75, 3.05) is 0 Å². The molecule has 1 aliphatic heterocycles. The highest BCUT2D eigenvalue weighted by Gasteiger charge is 2.58. The fraction of sp³-hybridized carbons (Fsp3) is 0.571. The first-order valence-electron chi connectivity index (χ1n) is 6.32. The molecule has 2 aliphatic rings. The van der Waals surface area contributed by atoms with Crippen molar-refractivity contribution in [3.05, 3.63) is 35.9 Å². The number of hydroxylamine groups is 2. The van der Waals surface area contributed by atoms with Crippen LogP contribution in [0.15, 0.2) is 30.3 Å². The summed E-state index contributed by atoms with van der Waals surface area (Å²) in [5, 5.41) is 2.19. The second kappa shape index (κ2) is 3.86. The minimum absolute atomic E-state index is 0.0914. The largest absolute Gasteiger partial charge is 0.271 e. The summed E-state index contributed by atoms with van der Waals surface area (Å²) in [7, 11) is 0. The summed E-state index contributed by atoms with van der Waals surface area (Å²) in [5.74, 6) is 0.685. The molecule has 0 N–H and O–H groups in total. The van der Waals surface area contributed by atoms with Crippen molar-refractivity contribution in [3.63, 3.8) is 0 Å². The van der Waals surface area contributed by atoms with Crippen molar-refractivity contribution in [2.45, 2.75) is 44.9 Å². The average molecular weight is 217 g/mol. The first kappa shape index (κ1) is 10.3. The van der Waals surface area contributed by atoms with Gasteiger partial charge in [-0.15, -0.1) is 5.06 Å². The van der Waals surface area contributed by atoms with E-state index in [0.29, 0.717) is 5.92 Å². The summed E-state index contributed by atoms with van der Waals surface area (Å²) >= 11 is 0. The Kier molecular flexibility index (Phi) is 2.49. The van der Waals surface area contributed by atoms with E-state index in [1.54, 1.807) is 0 Å². The van der Waals surface area contributed by atoms with E-state index in [0.717, 1.165) is 6.54 Å². The maximum atomic E-state index is 5.89. The summed E-state index contributed by atoms with van der Waals surface area (Å²) in [6, 6.07) is 10.6. The van der Waals surface area contributed by atoms with Gasteiger partial charge in [-0.2, -0.15) is 0 Å². The van der Waals surface area contributed by atoms with Crippen LogP contribution >= 0.6 is 0 Å². The minimum Gasteiger partial charge on any atom is -0.271 e. The van der Waals surface area contributed by atoms with E-state index >= 15 is 0 Å². The molecule has 1 aromatic carbocycles. The van der Waals surface area contributed by atoms with Gasteiger partial charge in [-0.3, -0.25) is 4.84 Å². The molecule has 0 amide bonds. The van der Waals surface area contributed by atoms with E-state index in [9.17, 15) is 0 Å². The Morgan fingerprint density at radius 3 is 2.88 bits per heavy atom. The van der Waals surface area contributed by atoms with Crippen molar-refractivity contribution in [1.82, 2.24) is 5.06 Å². The van der Waals surface area contributed by atoms with E-state index < -0.39 is 0 Å². The van der Waals surface area contributed by atoms with Crippen LogP contribution in [0, 0.1) is 5.92 Å². The van der Waals surface area contributed by atoms with Gasteiger partial charge in [0.2, 0.25) is 0 Å². The Labute approximate surface area is 97.2 Å². The van der Waals surface area contributed by atoms with Crippen molar-refractivity contribution in [3.8, 4) is 0 Å². The zero-order valence-electron chi connectivity index (χ0n) is 9.86. The van der Waals surface area contributed by atoms with Gasteiger partial charge in [-0.1, -0.05) is 43.7 Å². The third-order valence-corrected chi connectivity index (χ3v) is 4.02. The molecule has 1 saturated heterocycles. The SMILES string of the molecule is C[C@H]1CCCC[C@]12ON2Cc1ccccc1. The third kappa shape index (κ3) is 1.66. The van der Waals surface area contributed by atoms with Gasteiger partial charge in [0.1, 0.15) is 0 Å². The van der Waals surface area contributed by atoms with Crippen LogP contribution in [-0.4, -0.2) is 10.8 Å². The highest BCUT2D eigenvalue weighted by molar-refractivity contribution is 5.15. The molecule has 1 aliphatic carbocycles. The Morgan fingerprint density at radius 2 is 2.12 bits per heavy atom. The zero-order chi connectivity index (χ0) is 11.0. The van der Waals surface area contributed by atoms with Gasteiger partial charge in [0, 0.05) is 5.92 Å². The van der Waals surface area contributed by atoms with Crippen LogP contribution in [0.2, 0.25) is 0 Å². The van der Waals surface area contributed by atoms with Crippen LogP contribution in [0.5, 0.6) is 0 Å². The number of benzene rings is 1. The van der Waals surface area contributed by atoms with Crippen LogP contribution in [0.1, 0.15) is 38.2 Å². The molecule has 1 heterocycles. The molecular formula is C14H19NO. The predicted molar refractivity (Wildman–Crippen MR) is 63.4 cm³/mol. The Bertz CT molecular complexity index is 364. The van der Waals surface area contributed by atoms with Gasteiger partial charge >= 0.3 is 0 Å². The second-order valence-corrected chi connectivity index (χ2v) is 5.11. The van der Waals surface area contributed by atoms with E-state index in [1.165, 1.54) is 31.2 Å². The van der Waals surface area contributed by atoms with Gasteiger partial charge in [-0.05, 0) is 24.8 Å². The smallest absolute Gasteiger partial charge is 0.167 e. The molecule has 3 atom stereocenters. The Morgan fingerprint density at radius 1 is 1.31 bits per heavy atom. The van der Waals surface area contributed by atoms with E-state index in [1.807, 2.05) is 0 Å². The Hall–Kier alpha value is -0.860. The van der Waals surface area contributed by atoms with Crippen molar-refractivity contribution < 1.29 is 4.84 Å². The molecule has 0 bridgehead atoms. The number of nitrogens with zero attached hydrogens (tertiary/aromatic N) is 1. The molecule has 1 saturated carbocycles. The molecule has 0 radical (unpaired) electrons. The summed E-state index contributed by atoms with van der Waals surface area (Å²) in [6.45, 7) is 3.26. The first-order chi connectivity index (χ1) is 7.81. The monoisotopic (exact) mass is 217 g/mol. The van der Waals surface area contributed by atoms with Crippen LogP contribution in [-0.2, 0) is 11.4 Å². The molecule has 2 fully saturated rings. The number of hydrogen-bond acceptors (Lipinski definition) is 2. The molecular weight excluding hydrogens is 198 g/mol. The first-order valence-corrected chi connectivity index (χ1v) is 6.32. The van der Waals surface area contributed by atoms with Crippen LogP contribution in [0.25, 0.3) is 0 Å².